The summed E-state index contributed by atoms with van der Waals surface area (Å²) in [4.78, 5) is 0. The number of benzene rings is 1. The molecule has 2 nitrogen and oxygen atoms in total. The molecule has 1 atom stereocenters. The molecule has 1 unspecified atom stereocenters. The Bertz CT molecular complexity index is 455. The monoisotopic (exact) mass is 202 g/mol. The number of nitrogens with two attached hydrogens (primary N) is 1. The van der Waals surface area contributed by atoms with E-state index in [4.69, 9.17) is 5.73 Å². The van der Waals surface area contributed by atoms with Crippen LogP contribution in [0.1, 0.15) is 19.5 Å². The van der Waals surface area contributed by atoms with Crippen LogP contribution in [0.4, 0.5) is 0 Å². The number of hydrogen-bond acceptors (Lipinski definition) is 1. The van der Waals surface area contributed by atoms with Gasteiger partial charge in [0, 0.05) is 30.2 Å². The number of hydrogen-bond donors (Lipinski definition) is 1. The van der Waals surface area contributed by atoms with Crippen LogP contribution in [0.15, 0.2) is 30.3 Å². The van der Waals surface area contributed by atoms with E-state index in [9.17, 15) is 0 Å². The van der Waals surface area contributed by atoms with E-state index in [0.717, 1.165) is 13.0 Å². The first-order chi connectivity index (χ1) is 7.22. The number of nitrogens with zero attached hydrogens (tertiary/aromatic N) is 1. The Balaban J connectivity index is 2.54. The topological polar surface area (TPSA) is 30.9 Å². The lowest BCUT2D eigenvalue weighted by Crippen LogP contribution is -2.19. The lowest BCUT2D eigenvalue weighted by atomic mass is 10.2. The highest BCUT2D eigenvalue weighted by molar-refractivity contribution is 5.81. The zero-order chi connectivity index (χ0) is 10.8. The van der Waals surface area contributed by atoms with Gasteiger partial charge in [0.25, 0.3) is 0 Å². The third-order valence-corrected chi connectivity index (χ3v) is 2.74. The zero-order valence-corrected chi connectivity index (χ0v) is 9.40. The maximum Gasteiger partial charge on any atom is 0.0482 e. The van der Waals surface area contributed by atoms with E-state index in [-0.39, 0.29) is 6.04 Å². The Morgan fingerprint density at radius 2 is 2.07 bits per heavy atom. The normalized spacial score (nSPS) is 13.3. The van der Waals surface area contributed by atoms with Crippen molar-refractivity contribution < 1.29 is 0 Å². The molecular formula is C13H18N2. The average Bonchev–Trinajstić information content (AvgIpc) is 2.53. The third kappa shape index (κ3) is 1.90. The van der Waals surface area contributed by atoms with Crippen LogP contribution in [0.3, 0.4) is 0 Å². The fourth-order valence-electron chi connectivity index (χ4n) is 2.14. The van der Waals surface area contributed by atoms with Gasteiger partial charge in [0.15, 0.2) is 0 Å². The summed E-state index contributed by atoms with van der Waals surface area (Å²) in [6, 6.07) is 11.0. The molecule has 2 aromatic rings. The lowest BCUT2D eigenvalue weighted by molar-refractivity contribution is 0.665. The smallest absolute Gasteiger partial charge is 0.0482 e. The molecule has 0 aliphatic rings. The van der Waals surface area contributed by atoms with Crippen LogP contribution in [0.25, 0.3) is 10.9 Å². The van der Waals surface area contributed by atoms with E-state index < -0.39 is 0 Å². The quantitative estimate of drug-likeness (QED) is 0.814. The van der Waals surface area contributed by atoms with Gasteiger partial charge in [-0.15, -0.1) is 0 Å². The Labute approximate surface area is 90.7 Å². The van der Waals surface area contributed by atoms with E-state index in [1.807, 2.05) is 0 Å². The molecule has 80 valence electrons. The van der Waals surface area contributed by atoms with Crippen molar-refractivity contribution in [3.63, 3.8) is 0 Å². The van der Waals surface area contributed by atoms with Crippen LogP contribution in [0.5, 0.6) is 0 Å². The largest absolute Gasteiger partial charge is 0.345 e. The van der Waals surface area contributed by atoms with Gasteiger partial charge in [-0.25, -0.2) is 0 Å². The third-order valence-electron chi connectivity index (χ3n) is 2.74. The summed E-state index contributed by atoms with van der Waals surface area (Å²) >= 11 is 0. The molecule has 1 aromatic heterocycles. The summed E-state index contributed by atoms with van der Waals surface area (Å²) in [6.45, 7) is 5.24. The van der Waals surface area contributed by atoms with E-state index >= 15 is 0 Å². The summed E-state index contributed by atoms with van der Waals surface area (Å²) in [6.07, 6.45) is 0.947. The second kappa shape index (κ2) is 4.07. The first kappa shape index (κ1) is 10.2. The SMILES string of the molecule is CCn1c(CC(C)N)cc2ccccc21. The summed E-state index contributed by atoms with van der Waals surface area (Å²) in [5.74, 6) is 0. The zero-order valence-electron chi connectivity index (χ0n) is 9.40. The molecule has 0 saturated heterocycles. The molecule has 2 N–H and O–H groups in total. The minimum absolute atomic E-state index is 0.222. The van der Waals surface area contributed by atoms with Crippen molar-refractivity contribution in [2.24, 2.45) is 5.73 Å². The number of aryl methyl sites for hydroxylation is 1. The van der Waals surface area contributed by atoms with Gasteiger partial charge in [0.2, 0.25) is 0 Å². The molecule has 2 rings (SSSR count). The maximum absolute atomic E-state index is 5.86. The minimum atomic E-state index is 0.222. The van der Waals surface area contributed by atoms with Crippen molar-refractivity contribution in [3.8, 4) is 0 Å². The highest BCUT2D eigenvalue weighted by Crippen LogP contribution is 2.20. The molecule has 0 aliphatic carbocycles. The van der Waals surface area contributed by atoms with Crippen molar-refractivity contribution in [1.82, 2.24) is 4.57 Å². The Kier molecular flexibility index (Phi) is 2.78. The maximum atomic E-state index is 5.86. The van der Waals surface area contributed by atoms with Crippen molar-refractivity contribution in [3.05, 3.63) is 36.0 Å². The molecule has 0 saturated carbocycles. The van der Waals surface area contributed by atoms with Gasteiger partial charge in [0.1, 0.15) is 0 Å². The average molecular weight is 202 g/mol. The van der Waals surface area contributed by atoms with Gasteiger partial charge in [-0.05, 0) is 31.4 Å². The van der Waals surface area contributed by atoms with Gasteiger partial charge in [0.05, 0.1) is 0 Å². The minimum Gasteiger partial charge on any atom is -0.345 e. The van der Waals surface area contributed by atoms with E-state index in [1.54, 1.807) is 0 Å². The van der Waals surface area contributed by atoms with Gasteiger partial charge in [-0.1, -0.05) is 18.2 Å². The molecule has 1 aromatic carbocycles. The molecule has 0 amide bonds. The van der Waals surface area contributed by atoms with Crippen LogP contribution in [-0.4, -0.2) is 10.6 Å². The summed E-state index contributed by atoms with van der Waals surface area (Å²) in [7, 11) is 0. The molecule has 0 spiro atoms. The van der Waals surface area contributed by atoms with E-state index in [1.165, 1.54) is 16.6 Å². The van der Waals surface area contributed by atoms with Crippen LogP contribution >= 0.6 is 0 Å². The van der Waals surface area contributed by atoms with Crippen LogP contribution in [0, 0.1) is 0 Å². The Morgan fingerprint density at radius 3 is 2.73 bits per heavy atom. The van der Waals surface area contributed by atoms with Gasteiger partial charge in [-0.2, -0.15) is 0 Å². The second-order valence-corrected chi connectivity index (χ2v) is 4.12. The fourth-order valence-corrected chi connectivity index (χ4v) is 2.14. The van der Waals surface area contributed by atoms with Gasteiger partial charge in [-0.3, -0.25) is 0 Å². The summed E-state index contributed by atoms with van der Waals surface area (Å²) in [5, 5.41) is 1.31. The van der Waals surface area contributed by atoms with Crippen LogP contribution in [-0.2, 0) is 13.0 Å². The lowest BCUT2D eigenvalue weighted by Gasteiger charge is -2.09. The molecule has 0 bridgehead atoms. The van der Waals surface area contributed by atoms with Crippen molar-refractivity contribution in [1.29, 1.82) is 0 Å². The Morgan fingerprint density at radius 1 is 1.33 bits per heavy atom. The molecule has 1 heterocycles. The highest BCUT2D eigenvalue weighted by atomic mass is 15.0. The Hall–Kier alpha value is -1.28. The van der Waals surface area contributed by atoms with Gasteiger partial charge < -0.3 is 10.3 Å². The van der Waals surface area contributed by atoms with Crippen LogP contribution in [0.2, 0.25) is 0 Å². The molecule has 15 heavy (non-hydrogen) atoms. The number of aromatic nitrogens is 1. The number of para-hydroxylation sites is 1. The summed E-state index contributed by atoms with van der Waals surface area (Å²) < 4.78 is 2.35. The van der Waals surface area contributed by atoms with Crippen molar-refractivity contribution in [2.75, 3.05) is 0 Å². The first-order valence-electron chi connectivity index (χ1n) is 5.55. The van der Waals surface area contributed by atoms with Crippen molar-refractivity contribution >= 4 is 10.9 Å². The standard InChI is InChI=1S/C13H18N2/c1-3-15-12(8-10(2)14)9-11-6-4-5-7-13(11)15/h4-7,9-10H,3,8,14H2,1-2H3. The summed E-state index contributed by atoms with van der Waals surface area (Å²) in [5.41, 5.74) is 8.51. The number of rotatable bonds is 3. The van der Waals surface area contributed by atoms with Gasteiger partial charge >= 0.3 is 0 Å². The van der Waals surface area contributed by atoms with Crippen LogP contribution < -0.4 is 5.73 Å². The second-order valence-electron chi connectivity index (χ2n) is 4.12. The molecule has 0 radical (unpaired) electrons. The first-order valence-corrected chi connectivity index (χ1v) is 5.55. The highest BCUT2D eigenvalue weighted by Gasteiger charge is 2.07. The van der Waals surface area contributed by atoms with Crippen molar-refractivity contribution in [2.45, 2.75) is 32.9 Å². The van der Waals surface area contributed by atoms with E-state index in [2.05, 4.69) is 48.7 Å². The molecule has 0 fully saturated rings. The van der Waals surface area contributed by atoms with E-state index in [0.29, 0.717) is 0 Å². The fraction of sp³-hybridized carbons (Fsp3) is 0.385. The number of fused-ring (bicyclic) bond motifs is 1. The molecular weight excluding hydrogens is 184 g/mol. The predicted molar refractivity (Wildman–Crippen MR) is 65.0 cm³/mol. The molecule has 2 heteroatoms. The molecule has 0 aliphatic heterocycles. The predicted octanol–water partition coefficient (Wildman–Crippen LogP) is 2.55.